The number of benzene rings is 1. The summed E-state index contributed by atoms with van der Waals surface area (Å²) in [6.45, 7) is 6.16. The van der Waals surface area contributed by atoms with Gasteiger partial charge in [0.15, 0.2) is 0 Å². The summed E-state index contributed by atoms with van der Waals surface area (Å²) in [6, 6.07) is 8.93. The molecule has 0 radical (unpaired) electrons. The van der Waals surface area contributed by atoms with Crippen molar-refractivity contribution >= 4 is 21.4 Å². The molecule has 102 valence electrons. The summed E-state index contributed by atoms with van der Waals surface area (Å²) >= 11 is 1.88. The van der Waals surface area contributed by atoms with Crippen LogP contribution in [0.5, 0.6) is 0 Å². The van der Waals surface area contributed by atoms with Crippen LogP contribution in [0.2, 0.25) is 0 Å². The molecule has 1 aromatic carbocycles. The summed E-state index contributed by atoms with van der Waals surface area (Å²) in [5.74, 6) is 0. The quantitative estimate of drug-likeness (QED) is 0.845. The molecule has 1 aromatic heterocycles. The van der Waals surface area contributed by atoms with Gasteiger partial charge in [0.2, 0.25) is 0 Å². The van der Waals surface area contributed by atoms with E-state index in [9.17, 15) is 0 Å². The molecule has 2 aromatic rings. The number of rotatable bonds is 4. The number of piperazine rings is 1. The highest BCUT2D eigenvalue weighted by Crippen LogP contribution is 2.25. The lowest BCUT2D eigenvalue weighted by Crippen LogP contribution is -2.44. The average molecular weight is 274 g/mol. The fraction of sp³-hybridized carbons (Fsp3) is 0.500. The molecular weight excluding hydrogens is 252 g/mol. The minimum atomic E-state index is 1.21. The first-order chi connectivity index (χ1) is 9.33. The van der Waals surface area contributed by atoms with Crippen LogP contribution in [0, 0.1) is 0 Å². The van der Waals surface area contributed by atoms with Gasteiger partial charge in [-0.25, -0.2) is 0 Å². The van der Waals surface area contributed by atoms with Gasteiger partial charge in [-0.1, -0.05) is 18.2 Å². The molecule has 19 heavy (non-hydrogen) atoms. The smallest absolute Gasteiger partial charge is 0.0374 e. The topological polar surface area (TPSA) is 6.48 Å². The van der Waals surface area contributed by atoms with Gasteiger partial charge in [-0.15, -0.1) is 11.3 Å². The first-order valence-corrected chi connectivity index (χ1v) is 8.07. The van der Waals surface area contributed by atoms with Crippen LogP contribution in [0.1, 0.15) is 12.0 Å². The fourth-order valence-electron chi connectivity index (χ4n) is 2.82. The first-order valence-electron chi connectivity index (χ1n) is 7.19. The van der Waals surface area contributed by atoms with Crippen LogP contribution < -0.4 is 0 Å². The molecule has 2 heterocycles. The normalized spacial score (nSPS) is 18.2. The van der Waals surface area contributed by atoms with E-state index in [2.05, 4.69) is 46.5 Å². The number of hydrogen-bond donors (Lipinski definition) is 0. The molecule has 1 aliphatic rings. The van der Waals surface area contributed by atoms with E-state index in [0.717, 1.165) is 0 Å². The van der Waals surface area contributed by atoms with Crippen LogP contribution in [-0.2, 0) is 6.42 Å². The Bertz CT molecular complexity index is 526. The van der Waals surface area contributed by atoms with Crippen molar-refractivity contribution in [3.63, 3.8) is 0 Å². The van der Waals surface area contributed by atoms with Crippen LogP contribution in [-0.4, -0.2) is 49.6 Å². The molecule has 2 nitrogen and oxygen atoms in total. The Labute approximate surface area is 119 Å². The highest BCUT2D eigenvalue weighted by atomic mass is 32.1. The van der Waals surface area contributed by atoms with Gasteiger partial charge in [0.1, 0.15) is 0 Å². The maximum atomic E-state index is 2.61. The first kappa shape index (κ1) is 13.1. The number of fused-ring (bicyclic) bond motifs is 1. The van der Waals surface area contributed by atoms with Gasteiger partial charge < -0.3 is 9.80 Å². The molecule has 0 spiro atoms. The van der Waals surface area contributed by atoms with Crippen LogP contribution in [0.3, 0.4) is 0 Å². The number of nitrogens with zero attached hydrogens (tertiary/aromatic N) is 2. The van der Waals surface area contributed by atoms with Crippen molar-refractivity contribution in [3.05, 3.63) is 35.2 Å². The lowest BCUT2D eigenvalue weighted by atomic mass is 10.1. The maximum Gasteiger partial charge on any atom is 0.0374 e. The van der Waals surface area contributed by atoms with Crippen LogP contribution in [0.4, 0.5) is 0 Å². The molecule has 0 atom stereocenters. The van der Waals surface area contributed by atoms with E-state index >= 15 is 0 Å². The third kappa shape index (κ3) is 3.16. The third-order valence-electron chi connectivity index (χ3n) is 4.08. The number of aryl methyl sites for hydroxylation is 1. The summed E-state index contributed by atoms with van der Waals surface area (Å²) in [6.07, 6.45) is 2.49. The molecule has 1 aliphatic heterocycles. The predicted molar refractivity (Wildman–Crippen MR) is 84.1 cm³/mol. The van der Waals surface area contributed by atoms with Crippen LogP contribution in [0.15, 0.2) is 29.6 Å². The molecule has 0 unspecified atom stereocenters. The molecule has 0 saturated carbocycles. The number of likely N-dealkylation sites (N-methyl/N-ethyl adjacent to an activating group) is 1. The van der Waals surface area contributed by atoms with E-state index < -0.39 is 0 Å². The predicted octanol–water partition coefficient (Wildman–Crippen LogP) is 3.08. The van der Waals surface area contributed by atoms with Crippen molar-refractivity contribution in [1.82, 2.24) is 9.80 Å². The summed E-state index contributed by atoms with van der Waals surface area (Å²) in [7, 11) is 2.22. The molecule has 3 heteroatoms. The van der Waals surface area contributed by atoms with Gasteiger partial charge in [-0.2, -0.15) is 0 Å². The van der Waals surface area contributed by atoms with Crippen molar-refractivity contribution in [2.24, 2.45) is 0 Å². The summed E-state index contributed by atoms with van der Waals surface area (Å²) in [5.41, 5.74) is 1.53. The van der Waals surface area contributed by atoms with E-state index in [4.69, 9.17) is 0 Å². The zero-order valence-electron chi connectivity index (χ0n) is 11.6. The van der Waals surface area contributed by atoms with Crippen molar-refractivity contribution in [2.75, 3.05) is 39.8 Å². The standard InChI is InChI=1S/C16H22N2S/c1-17-9-11-18(12-10-17)8-3-6-14-4-2-5-15-7-13-19-16(14)15/h2,4-5,7,13H,3,6,8-12H2,1H3. The molecule has 3 rings (SSSR count). The molecule has 1 saturated heterocycles. The van der Waals surface area contributed by atoms with Gasteiger partial charge in [0.25, 0.3) is 0 Å². The van der Waals surface area contributed by atoms with E-state index in [1.54, 1.807) is 0 Å². The second-order valence-electron chi connectivity index (χ2n) is 5.50. The van der Waals surface area contributed by atoms with Crippen LogP contribution >= 0.6 is 11.3 Å². The molecule has 0 bridgehead atoms. The lowest BCUT2D eigenvalue weighted by Gasteiger charge is -2.32. The maximum absolute atomic E-state index is 2.61. The number of hydrogen-bond acceptors (Lipinski definition) is 3. The van der Waals surface area contributed by atoms with Crippen molar-refractivity contribution < 1.29 is 0 Å². The second-order valence-corrected chi connectivity index (χ2v) is 6.42. The summed E-state index contributed by atoms with van der Waals surface area (Å²) in [5, 5.41) is 3.61. The monoisotopic (exact) mass is 274 g/mol. The Kier molecular flexibility index (Phi) is 4.16. The molecule has 0 N–H and O–H groups in total. The Morgan fingerprint density at radius 1 is 1.11 bits per heavy atom. The van der Waals surface area contributed by atoms with E-state index in [1.165, 1.54) is 61.2 Å². The largest absolute Gasteiger partial charge is 0.304 e. The third-order valence-corrected chi connectivity index (χ3v) is 5.08. The van der Waals surface area contributed by atoms with Crippen LogP contribution in [0.25, 0.3) is 10.1 Å². The van der Waals surface area contributed by atoms with Crippen molar-refractivity contribution in [1.29, 1.82) is 0 Å². The Morgan fingerprint density at radius 2 is 1.95 bits per heavy atom. The van der Waals surface area contributed by atoms with E-state index in [-0.39, 0.29) is 0 Å². The molecular formula is C16H22N2S. The fourth-order valence-corrected chi connectivity index (χ4v) is 3.76. The van der Waals surface area contributed by atoms with Gasteiger partial charge in [0, 0.05) is 30.9 Å². The Morgan fingerprint density at radius 3 is 2.79 bits per heavy atom. The highest BCUT2D eigenvalue weighted by Gasteiger charge is 2.13. The molecule has 0 aliphatic carbocycles. The number of thiophene rings is 1. The summed E-state index contributed by atoms with van der Waals surface area (Å²) < 4.78 is 1.49. The molecule has 0 amide bonds. The lowest BCUT2D eigenvalue weighted by molar-refractivity contribution is 0.153. The van der Waals surface area contributed by atoms with Gasteiger partial charge in [-0.05, 0) is 48.8 Å². The van der Waals surface area contributed by atoms with E-state index in [1.807, 2.05) is 11.3 Å². The summed E-state index contributed by atoms with van der Waals surface area (Å²) in [4.78, 5) is 5.03. The highest BCUT2D eigenvalue weighted by molar-refractivity contribution is 7.17. The minimum Gasteiger partial charge on any atom is -0.304 e. The van der Waals surface area contributed by atoms with Crippen molar-refractivity contribution in [2.45, 2.75) is 12.8 Å². The van der Waals surface area contributed by atoms with Crippen molar-refractivity contribution in [3.8, 4) is 0 Å². The zero-order chi connectivity index (χ0) is 13.1. The minimum absolute atomic E-state index is 1.21. The Hall–Kier alpha value is -0.900. The zero-order valence-corrected chi connectivity index (χ0v) is 12.5. The van der Waals surface area contributed by atoms with E-state index in [0.29, 0.717) is 0 Å². The van der Waals surface area contributed by atoms with Gasteiger partial charge in [0.05, 0.1) is 0 Å². The SMILES string of the molecule is CN1CCN(CCCc2cccc3ccsc23)CC1. The Balaban J connectivity index is 1.53. The second kappa shape index (κ2) is 6.04. The van der Waals surface area contributed by atoms with Gasteiger partial charge in [-0.3, -0.25) is 0 Å². The molecule has 1 fully saturated rings. The average Bonchev–Trinajstić information content (AvgIpc) is 2.90. The van der Waals surface area contributed by atoms with Gasteiger partial charge >= 0.3 is 0 Å².